The van der Waals surface area contributed by atoms with Crippen LogP contribution in [0.5, 0.6) is 5.75 Å². The van der Waals surface area contributed by atoms with E-state index in [4.69, 9.17) is 9.72 Å². The van der Waals surface area contributed by atoms with E-state index in [-0.39, 0.29) is 0 Å². The summed E-state index contributed by atoms with van der Waals surface area (Å²) in [5, 5.41) is 0. The molecule has 0 bridgehead atoms. The second-order valence-electron chi connectivity index (χ2n) is 8.62. The molecule has 3 aromatic carbocycles. The van der Waals surface area contributed by atoms with Crippen LogP contribution in [0.2, 0.25) is 0 Å². The van der Waals surface area contributed by atoms with Crippen molar-refractivity contribution in [3.05, 3.63) is 77.9 Å². The minimum Gasteiger partial charge on any atom is -0.492 e. The van der Waals surface area contributed by atoms with Crippen LogP contribution >= 0.6 is 0 Å². The fourth-order valence-electron chi connectivity index (χ4n) is 4.33. The van der Waals surface area contributed by atoms with Crippen LogP contribution in [-0.2, 0) is 0 Å². The van der Waals surface area contributed by atoms with Gasteiger partial charge in [-0.15, -0.1) is 0 Å². The maximum Gasteiger partial charge on any atom is 0.138 e. The van der Waals surface area contributed by atoms with Crippen molar-refractivity contribution >= 4 is 16.7 Å². The van der Waals surface area contributed by atoms with Gasteiger partial charge in [-0.1, -0.05) is 61.9 Å². The number of ether oxygens (including phenoxy) is 1. The fourth-order valence-corrected chi connectivity index (χ4v) is 4.33. The predicted molar refractivity (Wildman–Crippen MR) is 143 cm³/mol. The van der Waals surface area contributed by atoms with Crippen molar-refractivity contribution in [2.45, 2.75) is 27.7 Å². The molecular weight excluding hydrogens is 420 g/mol. The molecule has 2 heterocycles. The molecule has 0 aliphatic carbocycles. The number of anilines is 1. The number of imidazole rings is 1. The molecular formula is C29H36N4O. The van der Waals surface area contributed by atoms with Crippen molar-refractivity contribution in [2.75, 3.05) is 44.2 Å². The summed E-state index contributed by atoms with van der Waals surface area (Å²) in [6.07, 6.45) is 0. The van der Waals surface area contributed by atoms with Crippen LogP contribution in [0, 0.1) is 13.8 Å². The van der Waals surface area contributed by atoms with Gasteiger partial charge in [0, 0.05) is 38.3 Å². The summed E-state index contributed by atoms with van der Waals surface area (Å²) in [6, 6.07) is 23.2. The Kier molecular flexibility index (Phi) is 7.86. The fraction of sp³-hybridized carbons (Fsp3) is 0.345. The molecule has 4 aromatic rings. The van der Waals surface area contributed by atoms with Crippen molar-refractivity contribution in [2.24, 2.45) is 0 Å². The number of aromatic amines is 1. The summed E-state index contributed by atoms with van der Waals surface area (Å²) in [6.45, 7) is 13.9. The third-order valence-corrected chi connectivity index (χ3v) is 6.20. The highest BCUT2D eigenvalue weighted by atomic mass is 16.5. The maximum absolute atomic E-state index is 5.94. The number of hydrogen-bond donors (Lipinski definition) is 1. The first kappa shape index (κ1) is 23.8. The average Bonchev–Trinajstić information content (AvgIpc) is 3.31. The second kappa shape index (κ2) is 11.2. The zero-order chi connectivity index (χ0) is 23.9. The molecule has 0 saturated carbocycles. The average molecular weight is 457 g/mol. The van der Waals surface area contributed by atoms with Gasteiger partial charge >= 0.3 is 0 Å². The van der Waals surface area contributed by atoms with Crippen LogP contribution in [0.3, 0.4) is 0 Å². The number of aromatic nitrogens is 2. The van der Waals surface area contributed by atoms with Gasteiger partial charge in [-0.05, 0) is 43.7 Å². The first-order valence-corrected chi connectivity index (χ1v) is 12.4. The standard InChI is InChI=1S/C27H30N4O.C2H6/c1-20-9-11-22(12-10-20)27-28-24-7-4-8-25(26(24)29-27)31-15-13-30(14-16-31)17-18-32-23-6-3-5-21(2)19-23;1-2/h3-12,19H,13-18H2,1-2H3,(H,28,29);1-2H3. The Morgan fingerprint density at radius 1 is 0.853 bits per heavy atom. The Hall–Kier alpha value is -3.31. The summed E-state index contributed by atoms with van der Waals surface area (Å²) in [5.41, 5.74) is 6.97. The number of H-pyrrole nitrogens is 1. The van der Waals surface area contributed by atoms with Crippen LogP contribution in [0.1, 0.15) is 25.0 Å². The van der Waals surface area contributed by atoms with E-state index in [1.54, 1.807) is 0 Å². The van der Waals surface area contributed by atoms with E-state index in [1.165, 1.54) is 16.8 Å². The molecule has 1 aliphatic heterocycles. The van der Waals surface area contributed by atoms with E-state index in [2.05, 4.69) is 83.2 Å². The molecule has 178 valence electrons. The Balaban J connectivity index is 0.00000133. The molecule has 1 saturated heterocycles. The first-order chi connectivity index (χ1) is 16.7. The summed E-state index contributed by atoms with van der Waals surface area (Å²) >= 11 is 0. The van der Waals surface area contributed by atoms with Gasteiger partial charge in [0.15, 0.2) is 0 Å². The quantitative estimate of drug-likeness (QED) is 0.382. The number of nitrogens with zero attached hydrogens (tertiary/aromatic N) is 3. The minimum absolute atomic E-state index is 0.721. The molecule has 1 N–H and O–H groups in total. The van der Waals surface area contributed by atoms with Gasteiger partial charge in [-0.2, -0.15) is 0 Å². The van der Waals surface area contributed by atoms with E-state index in [0.29, 0.717) is 0 Å². The molecule has 0 unspecified atom stereocenters. The van der Waals surface area contributed by atoms with Crippen molar-refractivity contribution in [3.63, 3.8) is 0 Å². The van der Waals surface area contributed by atoms with Gasteiger partial charge in [-0.3, -0.25) is 4.90 Å². The Morgan fingerprint density at radius 2 is 1.59 bits per heavy atom. The van der Waals surface area contributed by atoms with E-state index in [9.17, 15) is 0 Å². The molecule has 1 aliphatic rings. The predicted octanol–water partition coefficient (Wildman–Crippen LogP) is 6.07. The lowest BCUT2D eigenvalue weighted by Gasteiger charge is -2.36. The summed E-state index contributed by atoms with van der Waals surface area (Å²) in [7, 11) is 0. The highest BCUT2D eigenvalue weighted by Gasteiger charge is 2.20. The molecule has 0 atom stereocenters. The molecule has 0 radical (unpaired) electrons. The third-order valence-electron chi connectivity index (χ3n) is 6.20. The van der Waals surface area contributed by atoms with Crippen molar-refractivity contribution < 1.29 is 4.74 Å². The van der Waals surface area contributed by atoms with Crippen molar-refractivity contribution in [1.82, 2.24) is 14.9 Å². The monoisotopic (exact) mass is 456 g/mol. The topological polar surface area (TPSA) is 44.4 Å². The van der Waals surface area contributed by atoms with E-state index in [0.717, 1.165) is 67.5 Å². The summed E-state index contributed by atoms with van der Waals surface area (Å²) in [5.74, 6) is 1.89. The number of nitrogens with one attached hydrogen (secondary N) is 1. The highest BCUT2D eigenvalue weighted by Crippen LogP contribution is 2.29. The molecule has 0 amide bonds. The largest absolute Gasteiger partial charge is 0.492 e. The molecule has 34 heavy (non-hydrogen) atoms. The number of para-hydroxylation sites is 1. The van der Waals surface area contributed by atoms with Gasteiger partial charge < -0.3 is 14.6 Å². The molecule has 1 fully saturated rings. The number of piperazine rings is 1. The maximum atomic E-state index is 5.94. The number of aryl methyl sites for hydroxylation is 2. The Morgan fingerprint density at radius 3 is 2.32 bits per heavy atom. The van der Waals surface area contributed by atoms with E-state index in [1.807, 2.05) is 26.0 Å². The smallest absolute Gasteiger partial charge is 0.138 e. The Labute approximate surface area is 203 Å². The van der Waals surface area contributed by atoms with Gasteiger partial charge in [0.25, 0.3) is 0 Å². The van der Waals surface area contributed by atoms with Crippen LogP contribution in [0.4, 0.5) is 5.69 Å². The first-order valence-electron chi connectivity index (χ1n) is 12.4. The second-order valence-corrected chi connectivity index (χ2v) is 8.62. The van der Waals surface area contributed by atoms with Gasteiger partial charge in [0.1, 0.15) is 23.7 Å². The minimum atomic E-state index is 0.721. The Bertz CT molecular complexity index is 1190. The number of hydrogen-bond acceptors (Lipinski definition) is 4. The van der Waals surface area contributed by atoms with E-state index < -0.39 is 0 Å². The van der Waals surface area contributed by atoms with Crippen molar-refractivity contribution in [1.29, 1.82) is 0 Å². The highest BCUT2D eigenvalue weighted by molar-refractivity contribution is 5.91. The normalized spacial score (nSPS) is 14.1. The van der Waals surface area contributed by atoms with Crippen molar-refractivity contribution in [3.8, 4) is 17.1 Å². The van der Waals surface area contributed by atoms with Gasteiger partial charge in [0.2, 0.25) is 0 Å². The van der Waals surface area contributed by atoms with Crippen LogP contribution in [0.25, 0.3) is 22.4 Å². The van der Waals surface area contributed by atoms with Crippen LogP contribution in [0.15, 0.2) is 66.7 Å². The van der Waals surface area contributed by atoms with Crippen LogP contribution in [-0.4, -0.2) is 54.2 Å². The zero-order valence-corrected chi connectivity index (χ0v) is 20.8. The molecule has 5 heteroatoms. The molecule has 1 aromatic heterocycles. The zero-order valence-electron chi connectivity index (χ0n) is 20.8. The lowest BCUT2D eigenvalue weighted by Crippen LogP contribution is -2.47. The third kappa shape index (κ3) is 5.60. The lowest BCUT2D eigenvalue weighted by atomic mass is 10.1. The molecule has 5 rings (SSSR count). The van der Waals surface area contributed by atoms with Crippen LogP contribution < -0.4 is 9.64 Å². The SMILES string of the molecule is CC.Cc1ccc(-c2nc3c(N4CCN(CCOc5cccc(C)c5)CC4)cccc3[nH]2)cc1. The molecule has 0 spiro atoms. The number of rotatable bonds is 6. The lowest BCUT2D eigenvalue weighted by molar-refractivity contribution is 0.200. The summed E-state index contributed by atoms with van der Waals surface area (Å²) in [4.78, 5) is 13.4. The molecule has 5 nitrogen and oxygen atoms in total. The number of fused-ring (bicyclic) bond motifs is 1. The van der Waals surface area contributed by atoms with E-state index >= 15 is 0 Å². The van der Waals surface area contributed by atoms with Gasteiger partial charge in [-0.25, -0.2) is 4.98 Å². The number of benzene rings is 3. The van der Waals surface area contributed by atoms with Gasteiger partial charge in [0.05, 0.1) is 11.2 Å². The summed E-state index contributed by atoms with van der Waals surface area (Å²) < 4.78 is 5.94.